The molecule has 0 aliphatic carbocycles. The summed E-state index contributed by atoms with van der Waals surface area (Å²) in [5, 5.41) is 10.7. The number of esters is 4. The van der Waals surface area contributed by atoms with Gasteiger partial charge in [-0.1, -0.05) is 407 Å². The quantitative estimate of drug-likeness (QED) is 0.0222. The zero-order valence-electron chi connectivity index (χ0n) is 68.2. The first-order valence-electron chi connectivity index (χ1n) is 44.1. The molecule has 0 rings (SSSR count). The molecule has 19 heteroatoms. The van der Waals surface area contributed by atoms with Gasteiger partial charge in [-0.2, -0.15) is 0 Å². The van der Waals surface area contributed by atoms with E-state index in [1.54, 1.807) is 0 Å². The van der Waals surface area contributed by atoms with E-state index in [0.29, 0.717) is 25.7 Å². The SMILES string of the molecule is CCCCCCCCCCCCCCCCCCCCCCC(=O)O[C@H](COC(=O)CCCCCCCCCCCCCCCCCC(C)C)COP(=O)(O)OC[C@@H](O)COP(=O)(O)OC[C@@H](COC(=O)CCCCCCCCCCCC)OC(=O)CCCCCCCCCCCCCCCCCC. The Balaban J connectivity index is 5.23. The Morgan fingerprint density at radius 2 is 0.442 bits per heavy atom. The molecule has 0 spiro atoms. The monoisotopic (exact) mass is 1520 g/mol. The fourth-order valence-electron chi connectivity index (χ4n) is 13.3. The van der Waals surface area contributed by atoms with Crippen molar-refractivity contribution in [1.82, 2.24) is 0 Å². The number of carbonyl (C=O) groups is 4. The lowest BCUT2D eigenvalue weighted by Gasteiger charge is -2.21. The number of phosphoric ester groups is 2. The first-order chi connectivity index (χ1) is 50.5. The van der Waals surface area contributed by atoms with Gasteiger partial charge in [-0.15, -0.1) is 0 Å². The van der Waals surface area contributed by atoms with E-state index in [2.05, 4.69) is 34.6 Å². The van der Waals surface area contributed by atoms with Gasteiger partial charge in [-0.3, -0.25) is 37.3 Å². The largest absolute Gasteiger partial charge is 0.472 e. The second kappa shape index (κ2) is 77.8. The molecule has 0 saturated carbocycles. The van der Waals surface area contributed by atoms with Crippen LogP contribution in [0.4, 0.5) is 0 Å². The van der Waals surface area contributed by atoms with Crippen molar-refractivity contribution in [2.75, 3.05) is 39.6 Å². The van der Waals surface area contributed by atoms with Crippen LogP contribution in [0.1, 0.15) is 458 Å². The molecule has 0 fully saturated rings. The van der Waals surface area contributed by atoms with Crippen molar-refractivity contribution in [2.24, 2.45) is 5.92 Å². The summed E-state index contributed by atoms with van der Waals surface area (Å²) < 4.78 is 68.9. The van der Waals surface area contributed by atoms with Crippen molar-refractivity contribution >= 4 is 39.5 Å². The number of ether oxygens (including phenoxy) is 4. The van der Waals surface area contributed by atoms with E-state index >= 15 is 0 Å². The summed E-state index contributed by atoms with van der Waals surface area (Å²) in [6.07, 6.45) is 70.8. The third kappa shape index (κ3) is 78.2. The second-order valence-corrected chi connectivity index (χ2v) is 34.0. The smallest absolute Gasteiger partial charge is 0.462 e. The topological polar surface area (TPSA) is 237 Å². The van der Waals surface area contributed by atoms with Gasteiger partial charge in [0.25, 0.3) is 0 Å². The van der Waals surface area contributed by atoms with E-state index in [4.69, 9.17) is 37.0 Å². The number of rotatable bonds is 85. The lowest BCUT2D eigenvalue weighted by atomic mass is 10.0. The molecule has 0 aliphatic rings. The van der Waals surface area contributed by atoms with Crippen LogP contribution in [0.2, 0.25) is 0 Å². The van der Waals surface area contributed by atoms with Crippen molar-refractivity contribution < 1.29 is 80.2 Å². The molecule has 0 aliphatic heterocycles. The molecule has 0 radical (unpaired) electrons. The molecule has 17 nitrogen and oxygen atoms in total. The van der Waals surface area contributed by atoms with Gasteiger partial charge < -0.3 is 33.8 Å². The van der Waals surface area contributed by atoms with Crippen LogP contribution in [-0.2, 0) is 65.4 Å². The van der Waals surface area contributed by atoms with Crippen molar-refractivity contribution in [3.8, 4) is 0 Å². The minimum absolute atomic E-state index is 0.109. The van der Waals surface area contributed by atoms with Crippen molar-refractivity contribution in [3.05, 3.63) is 0 Å². The number of aliphatic hydroxyl groups is 1. The predicted octanol–water partition coefficient (Wildman–Crippen LogP) is 26.0. The summed E-state index contributed by atoms with van der Waals surface area (Å²) in [5.74, 6) is -1.29. The summed E-state index contributed by atoms with van der Waals surface area (Å²) in [7, 11) is -9.92. The van der Waals surface area contributed by atoms with Crippen molar-refractivity contribution in [3.63, 3.8) is 0 Å². The van der Waals surface area contributed by atoms with Gasteiger partial charge in [0.2, 0.25) is 0 Å². The van der Waals surface area contributed by atoms with Gasteiger partial charge in [-0.25, -0.2) is 9.13 Å². The molecule has 2 unspecified atom stereocenters. The van der Waals surface area contributed by atoms with Gasteiger partial charge in [0.05, 0.1) is 26.4 Å². The van der Waals surface area contributed by atoms with Crippen LogP contribution >= 0.6 is 15.6 Å². The average Bonchev–Trinajstić information content (AvgIpc) is 0.907. The molecular formula is C85H166O17P2. The Kier molecular flexibility index (Phi) is 76.3. The molecule has 0 heterocycles. The Bertz CT molecular complexity index is 1980. The zero-order valence-corrected chi connectivity index (χ0v) is 70.0. The molecule has 0 saturated heterocycles. The first kappa shape index (κ1) is 102. The summed E-state index contributed by atoms with van der Waals surface area (Å²) in [6.45, 7) is 7.38. The summed E-state index contributed by atoms with van der Waals surface area (Å²) in [6, 6.07) is 0. The predicted molar refractivity (Wildman–Crippen MR) is 428 cm³/mol. The third-order valence-corrected chi connectivity index (χ3v) is 21.9. The molecule has 0 bridgehead atoms. The van der Waals surface area contributed by atoms with E-state index in [-0.39, 0.29) is 25.7 Å². The molecule has 3 N–H and O–H groups in total. The number of hydrogen-bond acceptors (Lipinski definition) is 15. The maximum Gasteiger partial charge on any atom is 0.472 e. The number of carbonyl (C=O) groups excluding carboxylic acids is 4. The molecular weight excluding hydrogens is 1350 g/mol. The van der Waals surface area contributed by atoms with E-state index in [0.717, 1.165) is 95.8 Å². The van der Waals surface area contributed by atoms with Crippen LogP contribution in [0.25, 0.3) is 0 Å². The van der Waals surface area contributed by atoms with Crippen LogP contribution in [-0.4, -0.2) is 96.7 Å². The molecule has 0 aromatic rings. The maximum atomic E-state index is 13.1. The fraction of sp³-hybridized carbons (Fsp3) is 0.953. The van der Waals surface area contributed by atoms with E-state index in [1.165, 1.54) is 283 Å². The van der Waals surface area contributed by atoms with Gasteiger partial charge in [0, 0.05) is 25.7 Å². The Hall–Kier alpha value is -1.94. The highest BCUT2D eigenvalue weighted by Gasteiger charge is 2.30. The van der Waals surface area contributed by atoms with E-state index in [9.17, 15) is 43.2 Å². The highest BCUT2D eigenvalue weighted by atomic mass is 31.2. The van der Waals surface area contributed by atoms with Crippen molar-refractivity contribution in [2.45, 2.75) is 477 Å². The molecule has 5 atom stereocenters. The molecule has 104 heavy (non-hydrogen) atoms. The van der Waals surface area contributed by atoms with Gasteiger partial charge >= 0.3 is 39.5 Å². The average molecular weight is 1520 g/mol. The van der Waals surface area contributed by atoms with Crippen LogP contribution < -0.4 is 0 Å². The number of hydrogen-bond donors (Lipinski definition) is 3. The normalized spacial score (nSPS) is 13.8. The third-order valence-electron chi connectivity index (χ3n) is 20.0. The second-order valence-electron chi connectivity index (χ2n) is 31.1. The minimum atomic E-state index is -4.96. The number of aliphatic hydroxyl groups excluding tert-OH is 1. The standard InChI is InChI=1S/C85H166O17P2/c1-6-9-12-15-18-21-24-26-28-30-31-32-33-37-42-46-51-56-61-66-71-85(90)102-81(75-96-83(88)69-64-59-54-49-44-40-38-34-35-39-43-47-52-57-62-67-78(4)5)77-100-104(93,94)98-73-79(86)72-97-103(91,92)99-76-80(74-95-82(87)68-63-58-53-48-23-20-17-14-11-8-3)101-84(89)70-65-60-55-50-45-41-36-29-27-25-22-19-16-13-10-7-2/h78-81,86H,6-77H2,1-5H3,(H,91,92)(H,93,94)/t79-,80+,81+/m0/s1. The Morgan fingerprint density at radius 1 is 0.260 bits per heavy atom. The highest BCUT2D eigenvalue weighted by Crippen LogP contribution is 2.45. The highest BCUT2D eigenvalue weighted by molar-refractivity contribution is 7.47. The number of phosphoric acid groups is 2. The molecule has 0 aromatic carbocycles. The van der Waals surface area contributed by atoms with E-state index < -0.39 is 97.5 Å². The first-order valence-corrected chi connectivity index (χ1v) is 47.1. The van der Waals surface area contributed by atoms with Gasteiger partial charge in [0.15, 0.2) is 12.2 Å². The molecule has 0 amide bonds. The Morgan fingerprint density at radius 3 is 0.654 bits per heavy atom. The van der Waals surface area contributed by atoms with Crippen LogP contribution in [0, 0.1) is 5.92 Å². The molecule has 0 aromatic heterocycles. The summed E-state index contributed by atoms with van der Waals surface area (Å²) in [5.41, 5.74) is 0. The van der Waals surface area contributed by atoms with Gasteiger partial charge in [-0.05, 0) is 31.6 Å². The summed E-state index contributed by atoms with van der Waals surface area (Å²) in [4.78, 5) is 73.2. The molecule has 618 valence electrons. The zero-order chi connectivity index (χ0) is 76.2. The number of unbranched alkanes of at least 4 members (excludes halogenated alkanes) is 57. The lowest BCUT2D eigenvalue weighted by molar-refractivity contribution is -0.161. The minimum Gasteiger partial charge on any atom is -0.462 e. The van der Waals surface area contributed by atoms with Crippen LogP contribution in [0.15, 0.2) is 0 Å². The van der Waals surface area contributed by atoms with Gasteiger partial charge in [0.1, 0.15) is 19.3 Å². The van der Waals surface area contributed by atoms with Crippen molar-refractivity contribution in [1.29, 1.82) is 0 Å². The maximum absolute atomic E-state index is 13.1. The van der Waals surface area contributed by atoms with E-state index in [1.807, 2.05) is 0 Å². The fourth-order valence-corrected chi connectivity index (χ4v) is 14.9. The Labute approximate surface area is 638 Å². The van der Waals surface area contributed by atoms with Crippen LogP contribution in [0.3, 0.4) is 0 Å². The van der Waals surface area contributed by atoms with Crippen LogP contribution in [0.5, 0.6) is 0 Å². The lowest BCUT2D eigenvalue weighted by Crippen LogP contribution is -2.30. The summed E-state index contributed by atoms with van der Waals surface area (Å²) >= 11 is 0.